The predicted molar refractivity (Wildman–Crippen MR) is 99.8 cm³/mol. The number of nitrogens with one attached hydrogen (secondary N) is 1. The summed E-state index contributed by atoms with van der Waals surface area (Å²) in [6.07, 6.45) is 1.98. The zero-order valence-electron chi connectivity index (χ0n) is 13.9. The number of piperidine rings is 1. The second-order valence-electron chi connectivity index (χ2n) is 6.40. The summed E-state index contributed by atoms with van der Waals surface area (Å²) < 4.78 is 0. The van der Waals surface area contributed by atoms with Crippen LogP contribution in [-0.2, 0) is 4.79 Å². The molecule has 128 valence electrons. The quantitative estimate of drug-likeness (QED) is 0.869. The Morgan fingerprint density at radius 3 is 2.75 bits per heavy atom. The number of benzene rings is 1. The average molecular weight is 344 g/mol. The van der Waals surface area contributed by atoms with Crippen molar-refractivity contribution < 1.29 is 9.90 Å². The zero-order valence-corrected chi connectivity index (χ0v) is 14.8. The summed E-state index contributed by atoms with van der Waals surface area (Å²) in [6, 6.07) is 9.98. The van der Waals surface area contributed by atoms with Crippen LogP contribution in [0.3, 0.4) is 0 Å². The Hall–Kier alpha value is -1.85. The highest BCUT2D eigenvalue weighted by Crippen LogP contribution is 2.30. The number of amides is 1. The van der Waals surface area contributed by atoms with Gasteiger partial charge >= 0.3 is 0 Å². The summed E-state index contributed by atoms with van der Waals surface area (Å²) in [5.41, 5.74) is 2.99. The molecule has 0 radical (unpaired) electrons. The third-order valence-corrected chi connectivity index (χ3v) is 5.51. The van der Waals surface area contributed by atoms with Gasteiger partial charge in [0.15, 0.2) is 0 Å². The number of carbonyl (C=O) groups is 1. The van der Waals surface area contributed by atoms with Gasteiger partial charge in [-0.25, -0.2) is 0 Å². The van der Waals surface area contributed by atoms with Gasteiger partial charge in [0, 0.05) is 19.7 Å². The molecule has 0 aliphatic carbocycles. The third-order valence-electron chi connectivity index (χ3n) is 4.81. The van der Waals surface area contributed by atoms with Gasteiger partial charge < -0.3 is 15.3 Å². The van der Waals surface area contributed by atoms with E-state index in [1.165, 1.54) is 0 Å². The van der Waals surface area contributed by atoms with Gasteiger partial charge in [0.25, 0.3) is 0 Å². The minimum absolute atomic E-state index is 0.0195. The molecule has 1 amide bonds. The Kier molecular flexibility index (Phi) is 5.53. The van der Waals surface area contributed by atoms with Crippen LogP contribution in [0.1, 0.15) is 31.2 Å². The van der Waals surface area contributed by atoms with E-state index >= 15 is 0 Å². The Balaban J connectivity index is 1.71. The monoisotopic (exact) mass is 344 g/mol. The number of hydrogen-bond acceptors (Lipinski definition) is 4. The number of carbonyl (C=O) groups excluding carboxylic acids is 1. The summed E-state index contributed by atoms with van der Waals surface area (Å²) in [5.74, 6) is 0.261. The van der Waals surface area contributed by atoms with Crippen molar-refractivity contribution in [2.75, 3.05) is 29.9 Å². The van der Waals surface area contributed by atoms with Gasteiger partial charge in [0.05, 0.1) is 17.3 Å². The molecule has 1 aliphatic heterocycles. The third kappa shape index (κ3) is 3.79. The molecule has 2 heterocycles. The molecular weight excluding hydrogens is 320 g/mol. The molecule has 4 nitrogen and oxygen atoms in total. The SMILES string of the molecule is CC(C(=O)Nc1ccccc1N1CCC(CO)CC1)c1ccsc1. The fraction of sp³-hybridized carbons (Fsp3) is 0.421. The van der Waals surface area contributed by atoms with Crippen LogP contribution < -0.4 is 10.2 Å². The molecule has 24 heavy (non-hydrogen) atoms. The van der Waals surface area contributed by atoms with Crippen molar-refractivity contribution in [3.05, 3.63) is 46.7 Å². The molecule has 1 aromatic heterocycles. The summed E-state index contributed by atoms with van der Waals surface area (Å²) in [6.45, 7) is 4.04. The number of para-hydroxylation sites is 2. The maximum absolute atomic E-state index is 12.6. The van der Waals surface area contributed by atoms with Crippen molar-refractivity contribution >= 4 is 28.6 Å². The van der Waals surface area contributed by atoms with E-state index in [-0.39, 0.29) is 18.4 Å². The number of aliphatic hydroxyl groups excluding tert-OH is 1. The van der Waals surface area contributed by atoms with E-state index in [4.69, 9.17) is 0 Å². The molecule has 0 spiro atoms. The van der Waals surface area contributed by atoms with Crippen molar-refractivity contribution in [2.45, 2.75) is 25.7 Å². The summed E-state index contributed by atoms with van der Waals surface area (Å²) in [5, 5.41) is 16.4. The van der Waals surface area contributed by atoms with E-state index < -0.39 is 0 Å². The zero-order chi connectivity index (χ0) is 16.9. The van der Waals surface area contributed by atoms with Crippen molar-refractivity contribution in [1.29, 1.82) is 0 Å². The van der Waals surface area contributed by atoms with Crippen LogP contribution in [0, 0.1) is 5.92 Å². The first-order chi connectivity index (χ1) is 11.7. The van der Waals surface area contributed by atoms with E-state index in [0.717, 1.165) is 42.9 Å². The highest BCUT2D eigenvalue weighted by molar-refractivity contribution is 7.08. The highest BCUT2D eigenvalue weighted by Gasteiger charge is 2.22. The summed E-state index contributed by atoms with van der Waals surface area (Å²) in [7, 11) is 0. The van der Waals surface area contributed by atoms with Gasteiger partial charge in [-0.1, -0.05) is 12.1 Å². The molecule has 0 saturated carbocycles. The van der Waals surface area contributed by atoms with Gasteiger partial charge in [0.1, 0.15) is 0 Å². The molecular formula is C19H24N2O2S. The van der Waals surface area contributed by atoms with Gasteiger partial charge in [-0.05, 0) is 60.2 Å². The molecule has 3 rings (SSSR count). The van der Waals surface area contributed by atoms with E-state index in [0.29, 0.717) is 5.92 Å². The lowest BCUT2D eigenvalue weighted by Gasteiger charge is -2.34. The van der Waals surface area contributed by atoms with Crippen LogP contribution in [0.5, 0.6) is 0 Å². The number of nitrogens with zero attached hydrogens (tertiary/aromatic N) is 1. The van der Waals surface area contributed by atoms with Crippen LogP contribution >= 0.6 is 11.3 Å². The lowest BCUT2D eigenvalue weighted by Crippen LogP contribution is -2.35. The second-order valence-corrected chi connectivity index (χ2v) is 7.18. The highest BCUT2D eigenvalue weighted by atomic mass is 32.1. The van der Waals surface area contributed by atoms with Crippen molar-refractivity contribution in [2.24, 2.45) is 5.92 Å². The maximum Gasteiger partial charge on any atom is 0.231 e. The molecule has 1 unspecified atom stereocenters. The van der Waals surface area contributed by atoms with Crippen LogP contribution in [0.15, 0.2) is 41.1 Å². The Morgan fingerprint density at radius 1 is 1.33 bits per heavy atom. The van der Waals surface area contributed by atoms with E-state index in [1.807, 2.05) is 41.9 Å². The minimum atomic E-state index is -0.163. The molecule has 1 aromatic carbocycles. The second kappa shape index (κ2) is 7.81. The lowest BCUT2D eigenvalue weighted by molar-refractivity contribution is -0.117. The molecule has 2 N–H and O–H groups in total. The molecule has 0 bridgehead atoms. The molecule has 1 aliphatic rings. The van der Waals surface area contributed by atoms with E-state index in [2.05, 4.69) is 16.3 Å². The Bertz CT molecular complexity index is 664. The van der Waals surface area contributed by atoms with Gasteiger partial charge in [0.2, 0.25) is 5.91 Å². The summed E-state index contributed by atoms with van der Waals surface area (Å²) >= 11 is 1.61. The minimum Gasteiger partial charge on any atom is -0.396 e. The van der Waals surface area contributed by atoms with Crippen molar-refractivity contribution in [3.8, 4) is 0 Å². The normalized spacial score (nSPS) is 16.8. The van der Waals surface area contributed by atoms with Crippen LogP contribution in [0.2, 0.25) is 0 Å². The first-order valence-electron chi connectivity index (χ1n) is 8.47. The fourth-order valence-electron chi connectivity index (χ4n) is 3.13. The first kappa shape index (κ1) is 17.0. The predicted octanol–water partition coefficient (Wildman–Crippen LogP) is 3.70. The van der Waals surface area contributed by atoms with Crippen molar-refractivity contribution in [1.82, 2.24) is 0 Å². The van der Waals surface area contributed by atoms with Crippen molar-refractivity contribution in [3.63, 3.8) is 0 Å². The molecule has 1 fully saturated rings. The standard InChI is InChI=1S/C19H24N2O2S/c1-14(16-8-11-24-13-16)19(23)20-17-4-2-3-5-18(17)21-9-6-15(12-22)7-10-21/h2-5,8,11,13-15,22H,6-7,9-10,12H2,1H3,(H,20,23). The number of thiophene rings is 1. The van der Waals surface area contributed by atoms with Gasteiger partial charge in [-0.2, -0.15) is 11.3 Å². The van der Waals surface area contributed by atoms with Gasteiger partial charge in [-0.3, -0.25) is 4.79 Å². The van der Waals surface area contributed by atoms with Crippen LogP contribution in [0.4, 0.5) is 11.4 Å². The maximum atomic E-state index is 12.6. The molecule has 1 saturated heterocycles. The number of rotatable bonds is 5. The lowest BCUT2D eigenvalue weighted by atomic mass is 9.97. The summed E-state index contributed by atoms with van der Waals surface area (Å²) in [4.78, 5) is 14.9. The molecule has 2 aromatic rings. The first-order valence-corrected chi connectivity index (χ1v) is 9.41. The van der Waals surface area contributed by atoms with Crippen LogP contribution in [-0.4, -0.2) is 30.7 Å². The fourth-order valence-corrected chi connectivity index (χ4v) is 3.88. The number of aliphatic hydroxyl groups is 1. The van der Waals surface area contributed by atoms with E-state index in [1.54, 1.807) is 11.3 Å². The smallest absolute Gasteiger partial charge is 0.231 e. The molecule has 5 heteroatoms. The van der Waals surface area contributed by atoms with E-state index in [9.17, 15) is 9.90 Å². The van der Waals surface area contributed by atoms with Gasteiger partial charge in [-0.15, -0.1) is 0 Å². The Morgan fingerprint density at radius 2 is 2.08 bits per heavy atom. The Labute approximate surface area is 147 Å². The number of anilines is 2. The number of hydrogen-bond donors (Lipinski definition) is 2. The topological polar surface area (TPSA) is 52.6 Å². The average Bonchev–Trinajstić information content (AvgIpc) is 3.16. The largest absolute Gasteiger partial charge is 0.396 e. The molecule has 1 atom stereocenters. The van der Waals surface area contributed by atoms with Crippen LogP contribution in [0.25, 0.3) is 0 Å².